The fourth-order valence-corrected chi connectivity index (χ4v) is 1.39. The molecule has 0 unspecified atom stereocenters. The van der Waals surface area contributed by atoms with Crippen LogP contribution in [-0.4, -0.2) is 30.3 Å². The molecule has 0 saturated heterocycles. The third kappa shape index (κ3) is 11.3. The van der Waals surface area contributed by atoms with Crippen LogP contribution < -0.4 is 0 Å². The summed E-state index contributed by atoms with van der Waals surface area (Å²) in [5.41, 5.74) is 4.03. The summed E-state index contributed by atoms with van der Waals surface area (Å²) in [7, 11) is 4.69. The Morgan fingerprint density at radius 3 is 1.78 bits per heavy atom. The van der Waals surface area contributed by atoms with Gasteiger partial charge in [0, 0.05) is 12.4 Å². The second kappa shape index (κ2) is 20.0. The van der Waals surface area contributed by atoms with Gasteiger partial charge in [0.2, 0.25) is 0 Å². The van der Waals surface area contributed by atoms with Gasteiger partial charge in [-0.2, -0.15) is 0 Å². The molecule has 0 radical (unpaired) electrons. The van der Waals surface area contributed by atoms with Crippen molar-refractivity contribution < 1.29 is 32.6 Å². The summed E-state index contributed by atoms with van der Waals surface area (Å²) in [5.74, 6) is 0. The van der Waals surface area contributed by atoms with E-state index >= 15 is 0 Å². The molecule has 2 aromatic rings. The van der Waals surface area contributed by atoms with E-state index in [-0.39, 0.29) is 0 Å². The molecule has 0 fully saturated rings. The average molecular weight is 508 g/mol. The van der Waals surface area contributed by atoms with Crippen LogP contribution in [-0.2, 0) is 32.6 Å². The van der Waals surface area contributed by atoms with Gasteiger partial charge in [-0.15, -0.1) is 0 Å². The van der Waals surface area contributed by atoms with Gasteiger partial charge in [-0.1, -0.05) is 12.7 Å². The van der Waals surface area contributed by atoms with E-state index in [1.807, 2.05) is 51.6 Å². The zero-order valence-electron chi connectivity index (χ0n) is 12.7. The molecule has 2 heterocycles. The second-order valence-electron chi connectivity index (χ2n) is 3.40. The van der Waals surface area contributed by atoms with Crippen molar-refractivity contribution >= 4 is 36.0 Å². The van der Waals surface area contributed by atoms with Crippen molar-refractivity contribution in [3.63, 3.8) is 0 Å². The molecule has 2 aromatic heterocycles. The van der Waals surface area contributed by atoms with Crippen LogP contribution in [0.15, 0.2) is 43.2 Å². The average Bonchev–Trinajstić information content (AvgIpc) is 2.68. The molecule has 0 saturated carbocycles. The molecule has 0 spiro atoms. The first kappa shape index (κ1) is 25.9. The Hall–Kier alpha value is -2.00. The first-order valence-corrected chi connectivity index (χ1v) is 9.18. The van der Waals surface area contributed by atoms with Crippen LogP contribution in [0.5, 0.6) is 0 Å². The fraction of sp³-hybridized carbons (Fsp3) is 0.0625. The summed E-state index contributed by atoms with van der Waals surface area (Å²) in [6.45, 7) is 11.8. The van der Waals surface area contributed by atoms with Crippen molar-refractivity contribution in [3.8, 4) is 11.4 Å². The number of halogens is 1. The zero-order chi connectivity index (χ0) is 18.7. The van der Waals surface area contributed by atoms with Crippen LogP contribution >= 0.6 is 9.53 Å². The van der Waals surface area contributed by atoms with E-state index in [0.29, 0.717) is 0 Å². The Labute approximate surface area is 151 Å². The summed E-state index contributed by atoms with van der Waals surface area (Å²) < 4.78 is 0. The number of rotatable bonds is 2. The number of aromatic nitrogens is 2. The first-order chi connectivity index (χ1) is 11.3. The van der Waals surface area contributed by atoms with Gasteiger partial charge in [0.05, 0.1) is 11.4 Å². The first-order valence-electron chi connectivity index (χ1n) is 5.82. The molecule has 0 bridgehead atoms. The molecular weight excluding hydrogens is 490 g/mol. The number of carbonyl (C=O) groups is 3. The van der Waals surface area contributed by atoms with Crippen LogP contribution in [0.1, 0.15) is 11.1 Å². The summed E-state index contributed by atoms with van der Waals surface area (Å²) in [4.78, 5) is 32.6. The molecule has 0 aromatic carbocycles. The van der Waals surface area contributed by atoms with E-state index in [1.54, 1.807) is 18.5 Å². The van der Waals surface area contributed by atoms with Gasteiger partial charge in [0.25, 0.3) is 0 Å². The van der Waals surface area contributed by atoms with Gasteiger partial charge in [-0.3, -0.25) is 9.97 Å². The number of hydrogen-bond acceptors (Lipinski definition) is 5. The summed E-state index contributed by atoms with van der Waals surface area (Å²) in [5, 5.41) is 0. The van der Waals surface area contributed by atoms with Crippen LogP contribution in [0, 0.1) is 6.92 Å². The molecule has 0 aliphatic rings. The van der Waals surface area contributed by atoms with Gasteiger partial charge in [0.1, 0.15) is 20.4 Å². The van der Waals surface area contributed by atoms with E-state index in [2.05, 4.69) is 16.5 Å². The number of carbonyl (C=O) groups excluding carboxylic acids is 3. The number of pyridine rings is 2. The topological polar surface area (TPSA) is 77.0 Å². The van der Waals surface area contributed by atoms with Crippen molar-refractivity contribution in [2.75, 3.05) is 0 Å². The number of nitrogens with zero attached hydrogens (tertiary/aromatic N) is 2. The number of aryl methyl sites for hydroxylation is 1. The molecule has 0 amide bonds. The fourth-order valence-electron chi connectivity index (χ4n) is 1.39. The Morgan fingerprint density at radius 2 is 1.35 bits per heavy atom. The summed E-state index contributed by atoms with van der Waals surface area (Å²) >= 11 is 1.19. The third-order valence-electron chi connectivity index (χ3n) is 2.20. The number of hydrogen-bond donors (Lipinski definition) is 0. The van der Waals surface area contributed by atoms with Crippen LogP contribution in [0.3, 0.4) is 0 Å². The predicted molar refractivity (Wildman–Crippen MR) is 89.5 cm³/mol. The van der Waals surface area contributed by atoms with Gasteiger partial charge in [-0.05, 0) is 42.3 Å². The van der Waals surface area contributed by atoms with Crippen molar-refractivity contribution in [1.29, 1.82) is 0 Å². The third-order valence-corrected chi connectivity index (χ3v) is 2.20. The van der Waals surface area contributed by atoms with Crippen molar-refractivity contribution in [2.45, 2.75) is 6.92 Å². The normalized spacial score (nSPS) is 7.26. The SMILES string of the molecule is C=Cc1ccnc(-c2cc(C)ccn2)c1.C=O.C=O.C=O.[Cl][Re]. The molecular formula is C16H18ClN2O3Re. The van der Waals surface area contributed by atoms with Crippen LogP contribution in [0.2, 0.25) is 0 Å². The molecule has 23 heavy (non-hydrogen) atoms. The van der Waals surface area contributed by atoms with E-state index in [9.17, 15) is 0 Å². The summed E-state index contributed by atoms with van der Waals surface area (Å²) in [6.07, 6.45) is 5.38. The standard InChI is InChI=1S/C13H12N2.3CH2O.ClH.Re/c1-3-11-5-7-15-13(9-11)12-8-10(2)4-6-14-12;3*1-2;;/h3-9H,1H2,2H3;3*1H2;1H;/q;;;;;+1/p-1. The second-order valence-corrected chi connectivity index (χ2v) is 3.40. The van der Waals surface area contributed by atoms with Gasteiger partial charge >= 0.3 is 27.7 Å². The molecule has 0 aliphatic heterocycles. The monoisotopic (exact) mass is 508 g/mol. The predicted octanol–water partition coefficient (Wildman–Crippen LogP) is 3.23. The molecule has 2 rings (SSSR count). The van der Waals surface area contributed by atoms with E-state index < -0.39 is 0 Å². The van der Waals surface area contributed by atoms with Crippen molar-refractivity contribution in [2.24, 2.45) is 0 Å². The molecule has 5 nitrogen and oxygen atoms in total. The van der Waals surface area contributed by atoms with Gasteiger partial charge in [0.15, 0.2) is 0 Å². The van der Waals surface area contributed by atoms with Gasteiger partial charge in [-0.25, -0.2) is 0 Å². The maximum atomic E-state index is 8.00. The van der Waals surface area contributed by atoms with Crippen LogP contribution in [0.4, 0.5) is 0 Å². The Balaban J connectivity index is -0.000000438. The van der Waals surface area contributed by atoms with Crippen LogP contribution in [0.25, 0.3) is 17.5 Å². The molecule has 0 aliphatic carbocycles. The van der Waals surface area contributed by atoms with Crippen molar-refractivity contribution in [1.82, 2.24) is 9.97 Å². The van der Waals surface area contributed by atoms with Gasteiger partial charge < -0.3 is 14.4 Å². The van der Waals surface area contributed by atoms with E-state index in [0.717, 1.165) is 17.0 Å². The zero-order valence-corrected chi connectivity index (χ0v) is 16.2. The Morgan fingerprint density at radius 1 is 0.913 bits per heavy atom. The molecule has 0 N–H and O–H groups in total. The summed E-state index contributed by atoms with van der Waals surface area (Å²) in [6, 6.07) is 7.90. The molecule has 7 heteroatoms. The quantitative estimate of drug-likeness (QED) is 0.624. The van der Waals surface area contributed by atoms with E-state index in [1.165, 1.54) is 23.7 Å². The van der Waals surface area contributed by atoms with Crippen molar-refractivity contribution in [3.05, 3.63) is 54.4 Å². The minimum absolute atomic E-state index is 0.885. The molecule has 0 atom stereocenters. The Kier molecular flexibility index (Phi) is 22.5. The molecule has 124 valence electrons. The van der Waals surface area contributed by atoms with E-state index in [4.69, 9.17) is 23.9 Å². The Bertz CT molecular complexity index is 552. The maximum absolute atomic E-state index is 8.00. The minimum atomic E-state index is 0.885.